The number of anilines is 2. The molecule has 0 aliphatic rings. The van der Waals surface area contributed by atoms with Crippen LogP contribution in [0.15, 0.2) is 30.1 Å². The monoisotopic (exact) mass is 461 g/mol. The van der Waals surface area contributed by atoms with Gasteiger partial charge in [-0.25, -0.2) is 4.98 Å². The van der Waals surface area contributed by atoms with Gasteiger partial charge in [0.1, 0.15) is 11.4 Å². The summed E-state index contributed by atoms with van der Waals surface area (Å²) >= 11 is 0. The van der Waals surface area contributed by atoms with E-state index in [-0.39, 0.29) is 11.6 Å². The fraction of sp³-hybridized carbons (Fsp3) is 0.400. The maximum Gasteiger partial charge on any atom is 0.282 e. The standard InChI is InChI=1S/C20H27N7O6/c1-7-14(23-12(3)27(29)30)19(28)22-11(2)15-10-21-20(26-25-15)24-13-8-16(31-4)18(33-6)17(9-13)32-5/h7-12,23H,1-6H3,(H,22,28)(H,21,24,26)/b14-7-. The number of ether oxygens (including phenoxy) is 3. The Hall–Kier alpha value is -4.16. The zero-order valence-corrected chi connectivity index (χ0v) is 19.2. The van der Waals surface area contributed by atoms with Gasteiger partial charge in [0, 0.05) is 29.7 Å². The molecule has 1 aromatic carbocycles. The van der Waals surface area contributed by atoms with E-state index < -0.39 is 23.0 Å². The van der Waals surface area contributed by atoms with Crippen LogP contribution in [0.3, 0.4) is 0 Å². The number of benzene rings is 1. The fourth-order valence-electron chi connectivity index (χ4n) is 2.73. The Morgan fingerprint density at radius 2 is 1.73 bits per heavy atom. The number of nitrogens with one attached hydrogen (secondary N) is 3. The summed E-state index contributed by atoms with van der Waals surface area (Å²) in [6, 6.07) is 2.84. The zero-order valence-electron chi connectivity index (χ0n) is 19.2. The van der Waals surface area contributed by atoms with Crippen LogP contribution in [-0.4, -0.2) is 53.5 Å². The molecular formula is C20H27N7O6. The molecule has 0 saturated heterocycles. The van der Waals surface area contributed by atoms with E-state index in [0.717, 1.165) is 0 Å². The van der Waals surface area contributed by atoms with Crippen LogP contribution in [0.25, 0.3) is 0 Å². The molecule has 178 valence electrons. The first-order valence-electron chi connectivity index (χ1n) is 9.87. The van der Waals surface area contributed by atoms with Gasteiger partial charge in [0.15, 0.2) is 11.5 Å². The number of amides is 1. The van der Waals surface area contributed by atoms with E-state index in [9.17, 15) is 14.9 Å². The van der Waals surface area contributed by atoms with Crippen molar-refractivity contribution < 1.29 is 23.9 Å². The minimum atomic E-state index is -1.11. The number of nitrogens with zero attached hydrogens (tertiary/aromatic N) is 4. The summed E-state index contributed by atoms with van der Waals surface area (Å²) in [6.45, 7) is 4.64. The molecule has 0 fully saturated rings. The van der Waals surface area contributed by atoms with Crippen molar-refractivity contribution in [3.05, 3.63) is 45.9 Å². The van der Waals surface area contributed by atoms with Crippen LogP contribution in [0.4, 0.5) is 11.6 Å². The van der Waals surface area contributed by atoms with Crippen molar-refractivity contribution in [2.24, 2.45) is 0 Å². The van der Waals surface area contributed by atoms with E-state index >= 15 is 0 Å². The smallest absolute Gasteiger partial charge is 0.282 e. The number of aromatic nitrogens is 3. The molecular weight excluding hydrogens is 434 g/mol. The number of hydrogen-bond acceptors (Lipinski definition) is 11. The molecule has 0 radical (unpaired) electrons. The van der Waals surface area contributed by atoms with Gasteiger partial charge in [-0.1, -0.05) is 6.08 Å². The van der Waals surface area contributed by atoms with E-state index in [0.29, 0.717) is 28.6 Å². The molecule has 2 atom stereocenters. The molecule has 0 saturated carbocycles. The molecule has 3 N–H and O–H groups in total. The number of carbonyl (C=O) groups excluding carboxylic acids is 1. The molecule has 13 heteroatoms. The van der Waals surface area contributed by atoms with Gasteiger partial charge in [0.05, 0.1) is 33.6 Å². The number of carbonyl (C=O) groups is 1. The summed E-state index contributed by atoms with van der Waals surface area (Å²) in [5.74, 6) is 1.06. The molecule has 1 aromatic heterocycles. The lowest BCUT2D eigenvalue weighted by Gasteiger charge is -2.16. The Morgan fingerprint density at radius 1 is 1.09 bits per heavy atom. The molecule has 0 spiro atoms. The van der Waals surface area contributed by atoms with Gasteiger partial charge < -0.3 is 30.2 Å². The van der Waals surface area contributed by atoms with Crippen LogP contribution in [-0.2, 0) is 4.79 Å². The normalized spacial score (nSPS) is 12.8. The molecule has 0 aliphatic heterocycles. The van der Waals surface area contributed by atoms with Crippen molar-refractivity contribution in [3.8, 4) is 17.2 Å². The van der Waals surface area contributed by atoms with Gasteiger partial charge in [0.2, 0.25) is 11.7 Å². The lowest BCUT2D eigenvalue weighted by atomic mass is 10.2. The van der Waals surface area contributed by atoms with E-state index in [1.54, 1.807) is 26.0 Å². The largest absolute Gasteiger partial charge is 0.493 e. The van der Waals surface area contributed by atoms with Gasteiger partial charge in [-0.3, -0.25) is 14.9 Å². The van der Waals surface area contributed by atoms with Crippen LogP contribution in [0, 0.1) is 10.1 Å². The Kier molecular flexibility index (Phi) is 8.72. The van der Waals surface area contributed by atoms with Crippen LogP contribution in [0.5, 0.6) is 17.2 Å². The Labute approximate surface area is 190 Å². The molecule has 2 unspecified atom stereocenters. The van der Waals surface area contributed by atoms with E-state index in [1.807, 2.05) is 0 Å². The lowest BCUT2D eigenvalue weighted by Crippen LogP contribution is -2.40. The SMILES string of the molecule is C/C=C(\NC(C)[N+](=O)[O-])C(=O)NC(C)c1cnc(Nc2cc(OC)c(OC)c(OC)c2)nn1. The number of nitro groups is 1. The zero-order chi connectivity index (χ0) is 24.5. The summed E-state index contributed by atoms with van der Waals surface area (Å²) in [5, 5.41) is 27.2. The third-order valence-corrected chi connectivity index (χ3v) is 4.51. The second-order valence-corrected chi connectivity index (χ2v) is 6.75. The molecule has 1 amide bonds. The van der Waals surface area contributed by atoms with E-state index in [4.69, 9.17) is 14.2 Å². The summed E-state index contributed by atoms with van der Waals surface area (Å²) in [7, 11) is 4.53. The van der Waals surface area contributed by atoms with Crippen molar-refractivity contribution in [2.75, 3.05) is 26.6 Å². The highest BCUT2D eigenvalue weighted by Crippen LogP contribution is 2.40. The first kappa shape index (κ1) is 25.1. The van der Waals surface area contributed by atoms with Crippen LogP contribution >= 0.6 is 0 Å². The van der Waals surface area contributed by atoms with Gasteiger partial charge in [-0.15, -0.1) is 10.2 Å². The molecule has 2 aromatic rings. The number of methoxy groups -OCH3 is 3. The summed E-state index contributed by atoms with van der Waals surface area (Å²) < 4.78 is 15.9. The molecule has 2 rings (SSSR count). The van der Waals surface area contributed by atoms with Crippen LogP contribution in [0.2, 0.25) is 0 Å². The average Bonchev–Trinajstić information content (AvgIpc) is 2.81. The van der Waals surface area contributed by atoms with Crippen molar-refractivity contribution in [1.82, 2.24) is 25.8 Å². The van der Waals surface area contributed by atoms with E-state index in [1.165, 1.54) is 40.5 Å². The first-order chi connectivity index (χ1) is 15.7. The van der Waals surface area contributed by atoms with Gasteiger partial charge >= 0.3 is 0 Å². The number of allylic oxidation sites excluding steroid dienone is 1. The van der Waals surface area contributed by atoms with Crippen molar-refractivity contribution in [2.45, 2.75) is 33.0 Å². The third-order valence-electron chi connectivity index (χ3n) is 4.51. The maximum atomic E-state index is 12.4. The molecule has 0 aliphatic carbocycles. The quantitative estimate of drug-likeness (QED) is 0.194. The lowest BCUT2D eigenvalue weighted by molar-refractivity contribution is -0.523. The highest BCUT2D eigenvalue weighted by atomic mass is 16.6. The van der Waals surface area contributed by atoms with Crippen molar-refractivity contribution >= 4 is 17.5 Å². The molecule has 13 nitrogen and oxygen atoms in total. The predicted molar refractivity (Wildman–Crippen MR) is 119 cm³/mol. The van der Waals surface area contributed by atoms with Crippen molar-refractivity contribution in [3.63, 3.8) is 0 Å². The Bertz CT molecular complexity index is 987. The highest BCUT2D eigenvalue weighted by Gasteiger charge is 2.20. The van der Waals surface area contributed by atoms with Gasteiger partial charge in [-0.2, -0.15) is 0 Å². The second-order valence-electron chi connectivity index (χ2n) is 6.75. The van der Waals surface area contributed by atoms with Crippen LogP contribution < -0.4 is 30.2 Å². The fourth-order valence-corrected chi connectivity index (χ4v) is 2.73. The first-order valence-corrected chi connectivity index (χ1v) is 9.87. The minimum absolute atomic E-state index is 0.0765. The summed E-state index contributed by atoms with van der Waals surface area (Å²) in [6.07, 6.45) is 1.80. The number of rotatable bonds is 11. The van der Waals surface area contributed by atoms with Crippen LogP contribution in [0.1, 0.15) is 32.5 Å². The minimum Gasteiger partial charge on any atom is -0.493 e. The molecule has 33 heavy (non-hydrogen) atoms. The Balaban J connectivity index is 2.09. The molecule has 0 bridgehead atoms. The topological polar surface area (TPSA) is 163 Å². The predicted octanol–water partition coefficient (Wildman–Crippen LogP) is 1.93. The summed E-state index contributed by atoms with van der Waals surface area (Å²) in [4.78, 5) is 26.9. The van der Waals surface area contributed by atoms with Crippen molar-refractivity contribution in [1.29, 1.82) is 0 Å². The Morgan fingerprint density at radius 3 is 2.18 bits per heavy atom. The van der Waals surface area contributed by atoms with E-state index in [2.05, 4.69) is 31.1 Å². The highest BCUT2D eigenvalue weighted by molar-refractivity contribution is 5.92. The molecule has 1 heterocycles. The number of hydrogen-bond donors (Lipinski definition) is 3. The van der Waals surface area contributed by atoms with Gasteiger partial charge in [0.25, 0.3) is 12.1 Å². The van der Waals surface area contributed by atoms with Gasteiger partial charge in [-0.05, 0) is 13.8 Å². The second kappa shape index (κ2) is 11.5. The third kappa shape index (κ3) is 6.41. The maximum absolute atomic E-state index is 12.4. The summed E-state index contributed by atoms with van der Waals surface area (Å²) in [5.41, 5.74) is 1.06. The average molecular weight is 461 g/mol.